The molecule has 5 aromatic rings. The first-order valence-corrected chi connectivity index (χ1v) is 11.7. The number of carbonyl (C=O) groups excluding carboxylic acids is 1. The van der Waals surface area contributed by atoms with Gasteiger partial charge in [0.2, 0.25) is 0 Å². The van der Waals surface area contributed by atoms with Gasteiger partial charge >= 0.3 is 0 Å². The molecule has 1 fully saturated rings. The zero-order chi connectivity index (χ0) is 22.9. The van der Waals surface area contributed by atoms with Crippen molar-refractivity contribution in [3.63, 3.8) is 0 Å². The van der Waals surface area contributed by atoms with Crippen molar-refractivity contribution < 1.29 is 19.4 Å². The summed E-state index contributed by atoms with van der Waals surface area (Å²) in [6, 6.07) is 16.4. The number of hydrogen-bond acceptors (Lipinski definition) is 4. The van der Waals surface area contributed by atoms with Crippen LogP contribution in [0.2, 0.25) is 0 Å². The Balaban J connectivity index is 1.75. The van der Waals surface area contributed by atoms with Crippen LogP contribution < -0.4 is 5.32 Å². The van der Waals surface area contributed by atoms with Crippen LogP contribution in [0.1, 0.15) is 35.5 Å². The van der Waals surface area contributed by atoms with Crippen LogP contribution in [0, 0.1) is 0 Å². The van der Waals surface area contributed by atoms with Gasteiger partial charge in [0.25, 0.3) is 5.91 Å². The first kappa shape index (κ1) is 19.0. The van der Waals surface area contributed by atoms with Crippen LogP contribution in [0.4, 0.5) is 0 Å². The van der Waals surface area contributed by atoms with Crippen LogP contribution in [0.3, 0.4) is 0 Å². The zero-order valence-electron chi connectivity index (χ0n) is 18.8. The third-order valence-corrected chi connectivity index (χ3v) is 8.20. The van der Waals surface area contributed by atoms with E-state index in [1.54, 1.807) is 7.11 Å². The average molecular weight is 453 g/mol. The molecule has 0 saturated carbocycles. The highest BCUT2D eigenvalue weighted by Gasteiger charge is 2.53. The third kappa shape index (κ3) is 1.92. The number of rotatable bonds is 1. The summed E-state index contributed by atoms with van der Waals surface area (Å²) in [4.78, 5) is 13.2. The SMILES string of the molecule is CO[C@@H]1[C@@H](O)C[C@@H]2O[C@@]1(C)n1c3ccccc3c3c4c(c5c6ccccc6n2c5c31)C(=O)NC4. The molecular formula is C27H23N3O4. The maximum Gasteiger partial charge on any atom is 0.252 e. The van der Waals surface area contributed by atoms with Gasteiger partial charge in [0.15, 0.2) is 5.72 Å². The summed E-state index contributed by atoms with van der Waals surface area (Å²) in [5, 5.41) is 18.5. The Morgan fingerprint density at radius 3 is 2.53 bits per heavy atom. The lowest BCUT2D eigenvalue weighted by Crippen LogP contribution is -2.56. The van der Waals surface area contributed by atoms with E-state index in [0.717, 1.165) is 54.7 Å². The summed E-state index contributed by atoms with van der Waals surface area (Å²) in [6.45, 7) is 2.50. The van der Waals surface area contributed by atoms with Crippen molar-refractivity contribution in [2.75, 3.05) is 7.11 Å². The first-order chi connectivity index (χ1) is 16.5. The van der Waals surface area contributed by atoms with E-state index in [-0.39, 0.29) is 5.91 Å². The van der Waals surface area contributed by atoms with Gasteiger partial charge in [0.1, 0.15) is 12.3 Å². The van der Waals surface area contributed by atoms with Crippen LogP contribution in [0.25, 0.3) is 43.6 Å². The molecule has 0 aliphatic carbocycles. The molecule has 1 saturated heterocycles. The predicted molar refractivity (Wildman–Crippen MR) is 129 cm³/mol. The number of nitrogens with zero attached hydrogens (tertiary/aromatic N) is 2. The van der Waals surface area contributed by atoms with Crippen LogP contribution >= 0.6 is 0 Å². The Morgan fingerprint density at radius 1 is 1.06 bits per heavy atom. The summed E-state index contributed by atoms with van der Waals surface area (Å²) in [5.41, 5.74) is 4.86. The smallest absolute Gasteiger partial charge is 0.252 e. The number of nitrogens with one attached hydrogen (secondary N) is 1. The molecule has 34 heavy (non-hydrogen) atoms. The fourth-order valence-corrected chi connectivity index (χ4v) is 7.03. The second-order valence-electron chi connectivity index (χ2n) is 9.81. The largest absolute Gasteiger partial charge is 0.390 e. The Morgan fingerprint density at radius 2 is 1.76 bits per heavy atom. The van der Waals surface area contributed by atoms with Crippen molar-refractivity contribution in [3.05, 3.63) is 59.7 Å². The van der Waals surface area contributed by atoms with Crippen molar-refractivity contribution in [3.8, 4) is 0 Å². The van der Waals surface area contributed by atoms with E-state index in [0.29, 0.717) is 13.0 Å². The molecule has 0 spiro atoms. The highest BCUT2D eigenvalue weighted by Crippen LogP contribution is 2.53. The van der Waals surface area contributed by atoms with Crippen molar-refractivity contribution in [1.29, 1.82) is 0 Å². The van der Waals surface area contributed by atoms with Gasteiger partial charge in [-0.25, -0.2) is 0 Å². The van der Waals surface area contributed by atoms with Gasteiger partial charge in [-0.1, -0.05) is 36.4 Å². The number of ether oxygens (including phenoxy) is 2. The molecule has 5 heterocycles. The maximum atomic E-state index is 13.2. The summed E-state index contributed by atoms with van der Waals surface area (Å²) in [6.07, 6.45) is -1.28. The molecule has 2 bridgehead atoms. The van der Waals surface area contributed by atoms with E-state index in [9.17, 15) is 9.90 Å². The Labute approximate surface area is 194 Å². The topological polar surface area (TPSA) is 77.7 Å². The molecule has 7 nitrogen and oxygen atoms in total. The van der Waals surface area contributed by atoms with E-state index < -0.39 is 24.2 Å². The number of aliphatic hydroxyl groups is 1. The van der Waals surface area contributed by atoms with Crippen molar-refractivity contribution >= 4 is 49.5 Å². The number of amides is 1. The van der Waals surface area contributed by atoms with E-state index >= 15 is 0 Å². The molecular weight excluding hydrogens is 430 g/mol. The number of hydrogen-bond donors (Lipinski definition) is 2. The molecule has 7 heteroatoms. The molecule has 3 aromatic carbocycles. The minimum absolute atomic E-state index is 0.0363. The molecule has 4 atom stereocenters. The number of aliphatic hydroxyl groups excluding tert-OH is 1. The van der Waals surface area contributed by atoms with Gasteiger partial charge in [-0.2, -0.15) is 0 Å². The van der Waals surface area contributed by atoms with Gasteiger partial charge in [-0.15, -0.1) is 0 Å². The van der Waals surface area contributed by atoms with Crippen LogP contribution in [-0.4, -0.2) is 39.5 Å². The molecule has 0 radical (unpaired) electrons. The predicted octanol–water partition coefficient (Wildman–Crippen LogP) is 4.13. The highest BCUT2D eigenvalue weighted by atomic mass is 16.6. The molecule has 3 aliphatic heterocycles. The number of fused-ring (bicyclic) bond motifs is 13. The number of benzene rings is 3. The lowest BCUT2D eigenvalue weighted by atomic mass is 9.95. The summed E-state index contributed by atoms with van der Waals surface area (Å²) in [7, 11) is 1.63. The fraction of sp³-hybridized carbons (Fsp3) is 0.296. The second-order valence-corrected chi connectivity index (χ2v) is 9.81. The summed E-state index contributed by atoms with van der Waals surface area (Å²) < 4.78 is 17.2. The van der Waals surface area contributed by atoms with Gasteiger partial charge < -0.3 is 29.0 Å². The Kier molecular flexibility index (Phi) is 3.34. The molecule has 0 unspecified atom stereocenters. The van der Waals surface area contributed by atoms with E-state index in [2.05, 4.69) is 38.7 Å². The highest BCUT2D eigenvalue weighted by molar-refractivity contribution is 6.31. The minimum atomic E-state index is -0.949. The number of aromatic nitrogens is 2. The normalized spacial score (nSPS) is 27.7. The second kappa shape index (κ2) is 5.99. The Bertz CT molecular complexity index is 1730. The minimum Gasteiger partial charge on any atom is -0.390 e. The van der Waals surface area contributed by atoms with Crippen LogP contribution in [0.5, 0.6) is 0 Å². The average Bonchev–Trinajstić information content (AvgIpc) is 3.46. The van der Waals surface area contributed by atoms with E-state index in [4.69, 9.17) is 9.47 Å². The van der Waals surface area contributed by atoms with Crippen LogP contribution in [-0.2, 0) is 21.7 Å². The van der Waals surface area contributed by atoms with Crippen molar-refractivity contribution in [2.24, 2.45) is 0 Å². The van der Waals surface area contributed by atoms with Crippen molar-refractivity contribution in [2.45, 2.75) is 44.1 Å². The number of para-hydroxylation sites is 2. The van der Waals surface area contributed by atoms with Gasteiger partial charge in [0.05, 0.1) is 33.7 Å². The van der Waals surface area contributed by atoms with Gasteiger partial charge in [-0.05, 0) is 24.6 Å². The monoisotopic (exact) mass is 453 g/mol. The molecule has 2 N–H and O–H groups in total. The standard InChI is InChI=1S/C27H23N3O4/c1-27-25(33-2)18(31)11-19(34-27)29-16-9-5-3-7-13(16)21-22-15(12-28-26(22)32)20-14-8-4-6-10-17(14)30(27)24(20)23(21)29/h3-10,18-19,25,31H,11-12H2,1-2H3,(H,28,32)/t18-,19-,25+,27+/m0/s1. The summed E-state index contributed by atoms with van der Waals surface area (Å²) in [5.74, 6) is -0.0363. The van der Waals surface area contributed by atoms with E-state index in [1.165, 1.54) is 0 Å². The lowest BCUT2D eigenvalue weighted by Gasteiger charge is -2.46. The molecule has 2 aromatic heterocycles. The van der Waals surface area contributed by atoms with Crippen molar-refractivity contribution in [1.82, 2.24) is 14.5 Å². The Hall–Kier alpha value is -3.39. The molecule has 1 amide bonds. The van der Waals surface area contributed by atoms with Gasteiger partial charge in [-0.3, -0.25) is 4.79 Å². The zero-order valence-corrected chi connectivity index (χ0v) is 18.8. The van der Waals surface area contributed by atoms with E-state index in [1.807, 2.05) is 31.2 Å². The van der Waals surface area contributed by atoms with Gasteiger partial charge in [0, 0.05) is 41.6 Å². The number of carbonyl (C=O) groups is 1. The number of methoxy groups -OCH3 is 1. The first-order valence-electron chi connectivity index (χ1n) is 11.7. The molecule has 170 valence electrons. The molecule has 8 rings (SSSR count). The lowest BCUT2D eigenvalue weighted by molar-refractivity contribution is -0.278. The maximum absolute atomic E-state index is 13.2. The van der Waals surface area contributed by atoms with Crippen LogP contribution in [0.15, 0.2) is 48.5 Å². The molecule has 3 aliphatic rings. The quantitative estimate of drug-likeness (QED) is 0.400. The fourth-order valence-electron chi connectivity index (χ4n) is 7.03. The third-order valence-electron chi connectivity index (χ3n) is 8.20. The summed E-state index contributed by atoms with van der Waals surface area (Å²) >= 11 is 0.